The Hall–Kier alpha value is -3.28. The molecule has 3 N–H and O–H groups in total. The van der Waals surface area contributed by atoms with Crippen LogP contribution in [0.15, 0.2) is 48.5 Å². The molecule has 186 valence electrons. The highest BCUT2D eigenvalue weighted by molar-refractivity contribution is 5.93. The molecule has 4 rings (SSSR count). The molecular formula is C29H39N5O. The number of hydrogen-bond donors (Lipinski definition) is 3. The molecule has 0 spiro atoms. The van der Waals surface area contributed by atoms with E-state index in [1.165, 1.54) is 24.1 Å². The van der Waals surface area contributed by atoms with Crippen LogP contribution in [0.3, 0.4) is 0 Å². The third kappa shape index (κ3) is 6.44. The summed E-state index contributed by atoms with van der Waals surface area (Å²) in [5.41, 5.74) is 5.50. The minimum absolute atomic E-state index is 0.113. The highest BCUT2D eigenvalue weighted by Crippen LogP contribution is 2.29. The molecule has 1 aliphatic rings. The van der Waals surface area contributed by atoms with Crippen molar-refractivity contribution >= 4 is 34.1 Å². The topological polar surface area (TPSA) is 69.3 Å². The molecule has 0 aliphatic heterocycles. The van der Waals surface area contributed by atoms with E-state index in [9.17, 15) is 4.79 Å². The number of fused-ring (bicyclic) bond motifs is 1. The Labute approximate surface area is 209 Å². The normalized spacial score (nSPS) is 17.7. The first-order valence-corrected chi connectivity index (χ1v) is 12.9. The highest BCUT2D eigenvalue weighted by Gasteiger charge is 2.23. The monoisotopic (exact) mass is 473 g/mol. The molecule has 1 heterocycles. The van der Waals surface area contributed by atoms with Crippen LogP contribution in [0.25, 0.3) is 10.9 Å². The summed E-state index contributed by atoms with van der Waals surface area (Å²) in [6.45, 7) is 4.27. The van der Waals surface area contributed by atoms with Crippen LogP contribution in [0.4, 0.5) is 22.0 Å². The average Bonchev–Trinajstić information content (AvgIpc) is 2.85. The van der Waals surface area contributed by atoms with E-state index in [2.05, 4.69) is 85.2 Å². The summed E-state index contributed by atoms with van der Waals surface area (Å²) in [6.07, 6.45) is 7.38. The lowest BCUT2D eigenvalue weighted by Crippen LogP contribution is -2.42. The molecule has 0 radical (unpaired) electrons. The SMILES string of the molecule is CCCCc1ccc(NC(=O)N[C@H]2CC[C@@H](Nc3cc(N(C)C)c4ccccc4n3)CC2)c(C)c1. The van der Waals surface area contributed by atoms with Gasteiger partial charge in [-0.3, -0.25) is 0 Å². The largest absolute Gasteiger partial charge is 0.377 e. The summed E-state index contributed by atoms with van der Waals surface area (Å²) in [5.74, 6) is 0.916. The number of urea groups is 1. The van der Waals surface area contributed by atoms with Crippen molar-refractivity contribution in [3.05, 3.63) is 59.7 Å². The molecule has 1 aromatic heterocycles. The van der Waals surface area contributed by atoms with Crippen molar-refractivity contribution in [2.75, 3.05) is 29.6 Å². The number of hydrogen-bond acceptors (Lipinski definition) is 4. The first kappa shape index (κ1) is 24.8. The Kier molecular flexibility index (Phi) is 8.11. The Balaban J connectivity index is 1.29. The maximum absolute atomic E-state index is 12.6. The van der Waals surface area contributed by atoms with Crippen LogP contribution < -0.4 is 20.9 Å². The van der Waals surface area contributed by atoms with Gasteiger partial charge in [-0.2, -0.15) is 0 Å². The molecular weight excluding hydrogens is 434 g/mol. The number of rotatable bonds is 8. The number of para-hydroxylation sites is 1. The average molecular weight is 474 g/mol. The molecule has 6 nitrogen and oxygen atoms in total. The minimum atomic E-state index is -0.113. The minimum Gasteiger partial charge on any atom is -0.377 e. The predicted molar refractivity (Wildman–Crippen MR) is 148 cm³/mol. The van der Waals surface area contributed by atoms with E-state index in [1.807, 2.05) is 12.1 Å². The fourth-order valence-corrected chi connectivity index (χ4v) is 4.94. The molecule has 1 fully saturated rings. The Morgan fingerprint density at radius 2 is 1.77 bits per heavy atom. The van der Waals surface area contributed by atoms with Gasteiger partial charge >= 0.3 is 6.03 Å². The van der Waals surface area contributed by atoms with E-state index in [-0.39, 0.29) is 12.1 Å². The molecule has 0 atom stereocenters. The summed E-state index contributed by atoms with van der Waals surface area (Å²) < 4.78 is 0. The maximum Gasteiger partial charge on any atom is 0.319 e. The number of carbonyl (C=O) groups is 1. The zero-order chi connectivity index (χ0) is 24.8. The zero-order valence-electron chi connectivity index (χ0n) is 21.5. The van der Waals surface area contributed by atoms with E-state index in [0.29, 0.717) is 6.04 Å². The standard InChI is InChI=1S/C29H39N5O/c1-5-6-9-21-12-17-25(20(2)18-21)33-29(35)31-23-15-13-22(14-16-23)30-28-19-27(34(3)4)24-10-7-8-11-26(24)32-28/h7-8,10-12,17-19,22-23H,5-6,9,13-16H2,1-4H3,(H,30,32)(H2,31,33,35)/t22-,23+. The third-order valence-corrected chi connectivity index (χ3v) is 6.95. The van der Waals surface area contributed by atoms with Crippen molar-refractivity contribution in [3.63, 3.8) is 0 Å². The molecule has 0 saturated heterocycles. The number of benzene rings is 2. The van der Waals surface area contributed by atoms with Gasteiger partial charge in [0.05, 0.1) is 5.52 Å². The Morgan fingerprint density at radius 3 is 2.49 bits per heavy atom. The summed E-state index contributed by atoms with van der Waals surface area (Å²) in [7, 11) is 4.13. The molecule has 35 heavy (non-hydrogen) atoms. The number of aromatic nitrogens is 1. The number of pyridine rings is 1. The van der Waals surface area contributed by atoms with Gasteiger partial charge in [0, 0.05) is 49.0 Å². The van der Waals surface area contributed by atoms with Crippen molar-refractivity contribution in [3.8, 4) is 0 Å². The number of anilines is 3. The van der Waals surface area contributed by atoms with Gasteiger partial charge in [0.15, 0.2) is 0 Å². The fourth-order valence-electron chi connectivity index (χ4n) is 4.94. The van der Waals surface area contributed by atoms with Gasteiger partial charge in [-0.25, -0.2) is 9.78 Å². The lowest BCUT2D eigenvalue weighted by molar-refractivity contribution is 0.243. The summed E-state index contributed by atoms with van der Waals surface area (Å²) in [4.78, 5) is 19.6. The second-order valence-electron chi connectivity index (χ2n) is 9.98. The third-order valence-electron chi connectivity index (χ3n) is 6.95. The van der Waals surface area contributed by atoms with E-state index in [0.717, 1.165) is 60.1 Å². The van der Waals surface area contributed by atoms with Crippen molar-refractivity contribution < 1.29 is 4.79 Å². The molecule has 1 saturated carbocycles. The van der Waals surface area contributed by atoms with Gasteiger partial charge in [0.25, 0.3) is 0 Å². The van der Waals surface area contributed by atoms with Crippen LogP contribution in [0.2, 0.25) is 0 Å². The summed E-state index contributed by atoms with van der Waals surface area (Å²) >= 11 is 0. The molecule has 0 unspecified atom stereocenters. The van der Waals surface area contributed by atoms with Gasteiger partial charge in [-0.15, -0.1) is 0 Å². The molecule has 2 amide bonds. The molecule has 6 heteroatoms. The molecule has 2 aromatic carbocycles. The molecule has 0 bridgehead atoms. The Bertz CT molecular complexity index is 1150. The van der Waals surface area contributed by atoms with Gasteiger partial charge < -0.3 is 20.9 Å². The van der Waals surface area contributed by atoms with Crippen LogP contribution in [-0.2, 0) is 6.42 Å². The number of nitrogens with zero attached hydrogens (tertiary/aromatic N) is 2. The number of amides is 2. The van der Waals surface area contributed by atoms with Crippen molar-refractivity contribution in [2.24, 2.45) is 0 Å². The zero-order valence-corrected chi connectivity index (χ0v) is 21.5. The van der Waals surface area contributed by atoms with Gasteiger partial charge in [0.2, 0.25) is 0 Å². The molecule has 3 aromatic rings. The quantitative estimate of drug-likeness (QED) is 0.349. The fraction of sp³-hybridized carbons (Fsp3) is 0.448. The van der Waals surface area contributed by atoms with Crippen LogP contribution in [0.5, 0.6) is 0 Å². The van der Waals surface area contributed by atoms with Gasteiger partial charge in [0.1, 0.15) is 5.82 Å². The van der Waals surface area contributed by atoms with E-state index in [4.69, 9.17) is 4.98 Å². The second kappa shape index (κ2) is 11.4. The smallest absolute Gasteiger partial charge is 0.319 e. The lowest BCUT2D eigenvalue weighted by Gasteiger charge is -2.30. The first-order valence-electron chi connectivity index (χ1n) is 12.9. The first-order chi connectivity index (χ1) is 16.9. The number of aryl methyl sites for hydroxylation is 2. The molecule has 1 aliphatic carbocycles. The van der Waals surface area contributed by atoms with Crippen LogP contribution in [0.1, 0.15) is 56.6 Å². The predicted octanol–water partition coefficient (Wildman–Crippen LogP) is 6.50. The van der Waals surface area contributed by atoms with E-state index in [1.54, 1.807) is 0 Å². The van der Waals surface area contributed by atoms with Crippen molar-refractivity contribution in [2.45, 2.75) is 70.9 Å². The number of carbonyl (C=O) groups excluding carboxylic acids is 1. The number of nitrogens with one attached hydrogen (secondary N) is 3. The van der Waals surface area contributed by atoms with Crippen LogP contribution in [-0.4, -0.2) is 37.2 Å². The second-order valence-corrected chi connectivity index (χ2v) is 9.98. The van der Waals surface area contributed by atoms with Crippen LogP contribution in [0, 0.1) is 6.92 Å². The van der Waals surface area contributed by atoms with Crippen LogP contribution >= 0.6 is 0 Å². The maximum atomic E-state index is 12.6. The van der Waals surface area contributed by atoms with E-state index < -0.39 is 0 Å². The van der Waals surface area contributed by atoms with Crippen molar-refractivity contribution in [1.29, 1.82) is 0 Å². The van der Waals surface area contributed by atoms with Gasteiger partial charge in [-0.05, 0) is 68.7 Å². The summed E-state index contributed by atoms with van der Waals surface area (Å²) in [6, 6.07) is 17.2. The van der Waals surface area contributed by atoms with Crippen molar-refractivity contribution in [1.82, 2.24) is 10.3 Å². The lowest BCUT2D eigenvalue weighted by atomic mass is 9.91. The number of unbranched alkanes of at least 4 members (excludes halogenated alkanes) is 1. The Morgan fingerprint density at radius 1 is 1.03 bits per heavy atom. The highest BCUT2D eigenvalue weighted by atomic mass is 16.2. The van der Waals surface area contributed by atoms with E-state index >= 15 is 0 Å². The summed E-state index contributed by atoms with van der Waals surface area (Å²) in [5, 5.41) is 11.0. The van der Waals surface area contributed by atoms with Gasteiger partial charge in [-0.1, -0.05) is 43.7 Å².